The first-order valence-corrected chi connectivity index (χ1v) is 24.7. The van der Waals surface area contributed by atoms with Gasteiger partial charge in [-0.25, -0.2) is 4.79 Å². The third-order valence-electron chi connectivity index (χ3n) is 15.3. The number of fused-ring (bicyclic) bond motifs is 2. The molecule has 376 valence electrons. The summed E-state index contributed by atoms with van der Waals surface area (Å²) in [6, 6.07) is 5.12. The monoisotopic (exact) mass is 949 g/mol. The topological polar surface area (TPSA) is 212 Å². The van der Waals surface area contributed by atoms with Crippen LogP contribution in [-0.2, 0) is 54.3 Å². The maximum absolute atomic E-state index is 14.7. The minimum atomic E-state index is -1.16. The van der Waals surface area contributed by atoms with Crippen molar-refractivity contribution in [2.24, 2.45) is 29.6 Å². The fourth-order valence-corrected chi connectivity index (χ4v) is 11.2. The van der Waals surface area contributed by atoms with E-state index in [0.717, 1.165) is 18.4 Å². The largest absolute Gasteiger partial charge is 0.480 e. The number of nitrogens with one attached hydrogen (secondary N) is 2. The molecule has 3 fully saturated rings. The standard InChI is InChI=1S/C51H76N6O11/c1-10-31(4)45(39(67-8)29-43(61)55-27-17-20-38(55)47(68-9)33(6)48(62)52-36(51(65)66)28-34-18-13-11-14-19-34)54(7)50(64)44(30(2)3)53-49(63)46-35-22-23-37(32(35)5)57(46)42(60)21-15-12-16-26-56-40(58)24-25-41(56)59/h11,13-14,18-19,24-25,30-33,35-39,44-47H,10,12,15-17,20-23,26-29H2,1-9H3,(H,52,62)(H,53,63)(H,65,66)/t31-,32+,33+,35?,36-,37?,38-,39+,44-,45-,46+,47+/m0/s1. The Balaban J connectivity index is 1.24. The molecule has 1 saturated carbocycles. The van der Waals surface area contributed by atoms with E-state index in [1.165, 1.54) is 31.3 Å². The molecule has 2 bridgehead atoms. The van der Waals surface area contributed by atoms with Crippen LogP contribution in [0.3, 0.4) is 0 Å². The van der Waals surface area contributed by atoms with Gasteiger partial charge in [0.25, 0.3) is 11.8 Å². The van der Waals surface area contributed by atoms with Gasteiger partial charge in [-0.2, -0.15) is 0 Å². The number of piperidine rings is 1. The molecule has 0 spiro atoms. The van der Waals surface area contributed by atoms with E-state index >= 15 is 0 Å². The van der Waals surface area contributed by atoms with Gasteiger partial charge in [-0.3, -0.25) is 38.5 Å². The van der Waals surface area contributed by atoms with E-state index in [-0.39, 0.29) is 91.0 Å². The summed E-state index contributed by atoms with van der Waals surface area (Å²) in [7, 11) is 4.68. The van der Waals surface area contributed by atoms with Crippen molar-refractivity contribution in [2.45, 2.75) is 161 Å². The van der Waals surface area contributed by atoms with E-state index in [1.54, 1.807) is 40.8 Å². The van der Waals surface area contributed by atoms with Gasteiger partial charge in [-0.05, 0) is 67.8 Å². The van der Waals surface area contributed by atoms with Crippen molar-refractivity contribution in [2.75, 3.05) is 34.4 Å². The van der Waals surface area contributed by atoms with Gasteiger partial charge >= 0.3 is 5.97 Å². The Labute approximate surface area is 402 Å². The van der Waals surface area contributed by atoms with Crippen molar-refractivity contribution < 1.29 is 52.9 Å². The molecule has 4 aliphatic rings. The second kappa shape index (κ2) is 24.4. The molecule has 2 saturated heterocycles. The molecule has 2 unspecified atom stereocenters. The number of methoxy groups -OCH3 is 2. The van der Waals surface area contributed by atoms with E-state index in [0.29, 0.717) is 45.1 Å². The molecular weight excluding hydrogens is 873 g/mol. The number of hydrogen-bond donors (Lipinski definition) is 3. The highest BCUT2D eigenvalue weighted by atomic mass is 16.5. The fourth-order valence-electron chi connectivity index (χ4n) is 11.2. The Morgan fingerprint density at radius 2 is 1.56 bits per heavy atom. The molecule has 12 atom stereocenters. The minimum absolute atomic E-state index is 0.0492. The number of hydrogen-bond acceptors (Lipinski definition) is 10. The average molecular weight is 949 g/mol. The second-order valence-corrected chi connectivity index (χ2v) is 19.8. The lowest BCUT2D eigenvalue weighted by atomic mass is 9.89. The Morgan fingerprint density at radius 3 is 2.16 bits per heavy atom. The van der Waals surface area contributed by atoms with Gasteiger partial charge in [0.2, 0.25) is 29.5 Å². The number of imide groups is 1. The summed E-state index contributed by atoms with van der Waals surface area (Å²) in [5, 5.41) is 15.7. The molecule has 1 aromatic rings. The zero-order valence-electron chi connectivity index (χ0n) is 41.6. The summed E-state index contributed by atoms with van der Waals surface area (Å²) >= 11 is 0. The predicted molar refractivity (Wildman–Crippen MR) is 253 cm³/mol. The molecular formula is C51H76N6O11. The lowest BCUT2D eigenvalue weighted by Gasteiger charge is -2.41. The van der Waals surface area contributed by atoms with E-state index in [4.69, 9.17) is 9.47 Å². The van der Waals surface area contributed by atoms with Crippen LogP contribution in [0.5, 0.6) is 0 Å². The molecule has 3 aliphatic heterocycles. The molecule has 1 aliphatic carbocycles. The number of carbonyl (C=O) groups excluding carboxylic acids is 7. The third kappa shape index (κ3) is 12.3. The van der Waals surface area contributed by atoms with E-state index in [2.05, 4.69) is 17.6 Å². The number of likely N-dealkylation sites (N-methyl/N-ethyl adjacent to an activating group) is 1. The van der Waals surface area contributed by atoms with Crippen LogP contribution in [0, 0.1) is 29.6 Å². The van der Waals surface area contributed by atoms with Gasteiger partial charge in [0, 0.05) is 65.4 Å². The van der Waals surface area contributed by atoms with Crippen molar-refractivity contribution >= 4 is 47.3 Å². The lowest BCUT2D eigenvalue weighted by Crippen LogP contribution is -2.60. The molecule has 7 amide bonds. The molecule has 0 radical (unpaired) electrons. The molecule has 3 heterocycles. The van der Waals surface area contributed by atoms with Gasteiger partial charge in [0.1, 0.15) is 18.1 Å². The van der Waals surface area contributed by atoms with Crippen LogP contribution in [0.1, 0.15) is 111 Å². The summed E-state index contributed by atoms with van der Waals surface area (Å²) in [6.45, 7) is 12.2. The normalized spacial score (nSPS) is 24.1. The van der Waals surface area contributed by atoms with Crippen molar-refractivity contribution in [3.63, 3.8) is 0 Å². The predicted octanol–water partition coefficient (Wildman–Crippen LogP) is 3.97. The van der Waals surface area contributed by atoms with Gasteiger partial charge < -0.3 is 39.9 Å². The Bertz CT molecular complexity index is 1980. The first-order valence-electron chi connectivity index (χ1n) is 24.7. The molecule has 1 aromatic carbocycles. The van der Waals surface area contributed by atoms with E-state index in [9.17, 15) is 43.5 Å². The quantitative estimate of drug-likeness (QED) is 0.0943. The molecule has 17 nitrogen and oxygen atoms in total. The highest BCUT2D eigenvalue weighted by molar-refractivity contribution is 6.12. The molecule has 68 heavy (non-hydrogen) atoms. The Kier molecular flexibility index (Phi) is 19.3. The number of rotatable bonds is 25. The Morgan fingerprint density at radius 1 is 0.882 bits per heavy atom. The first-order chi connectivity index (χ1) is 32.4. The second-order valence-electron chi connectivity index (χ2n) is 19.8. The van der Waals surface area contributed by atoms with Crippen molar-refractivity contribution in [3.8, 4) is 0 Å². The van der Waals surface area contributed by atoms with Crippen molar-refractivity contribution in [1.29, 1.82) is 0 Å². The number of unbranched alkanes of at least 4 members (excludes halogenated alkanes) is 2. The number of carboxylic acids is 1. The number of amides is 7. The number of carboxylic acid groups (broad SMARTS) is 1. The summed E-state index contributed by atoms with van der Waals surface area (Å²) in [5.41, 5.74) is 0.766. The van der Waals surface area contributed by atoms with E-state index in [1.807, 2.05) is 45.9 Å². The summed E-state index contributed by atoms with van der Waals surface area (Å²) in [6.07, 6.45) is 6.57. The van der Waals surface area contributed by atoms with Crippen LogP contribution in [-0.4, -0.2) is 155 Å². The van der Waals surface area contributed by atoms with Crippen LogP contribution in [0.25, 0.3) is 0 Å². The molecule has 17 heteroatoms. The highest BCUT2D eigenvalue weighted by Crippen LogP contribution is 2.47. The molecule has 5 rings (SSSR count). The van der Waals surface area contributed by atoms with E-state index < -0.39 is 60.2 Å². The van der Waals surface area contributed by atoms with Crippen molar-refractivity contribution in [1.82, 2.24) is 30.2 Å². The van der Waals surface area contributed by atoms with Crippen LogP contribution >= 0.6 is 0 Å². The zero-order chi connectivity index (χ0) is 50.0. The van der Waals surface area contributed by atoms with Gasteiger partial charge in [0.15, 0.2) is 0 Å². The SMILES string of the molecule is CC[C@H](C)[C@@H]([C@@H](CC(=O)N1CCC[C@H]1[C@H](OC)[C@@H](C)C(=O)N[C@@H](Cc1ccccc1)C(=O)O)OC)N(C)C(=O)[C@@H](NC(=O)[C@H]1C2CCC([C@@H]2C)N1C(=O)CCCCCN1C(=O)C=CC1=O)C(C)C. The third-order valence-corrected chi connectivity index (χ3v) is 15.3. The van der Waals surface area contributed by atoms with Gasteiger partial charge in [-0.15, -0.1) is 0 Å². The zero-order valence-corrected chi connectivity index (χ0v) is 41.6. The van der Waals surface area contributed by atoms with Crippen LogP contribution < -0.4 is 10.6 Å². The number of nitrogens with zero attached hydrogens (tertiary/aromatic N) is 4. The number of likely N-dealkylation sites (tertiary alicyclic amines) is 2. The van der Waals surface area contributed by atoms with Crippen LogP contribution in [0.4, 0.5) is 0 Å². The number of aliphatic carboxylic acids is 1. The fraction of sp³-hybridized carbons (Fsp3) is 0.686. The van der Waals surface area contributed by atoms with Gasteiger partial charge in [0.05, 0.1) is 36.6 Å². The highest BCUT2D eigenvalue weighted by Gasteiger charge is 2.56. The van der Waals surface area contributed by atoms with Gasteiger partial charge in [-0.1, -0.05) is 84.7 Å². The maximum atomic E-state index is 14.7. The molecule has 3 N–H and O–H groups in total. The summed E-state index contributed by atoms with van der Waals surface area (Å²) in [5.74, 6) is -4.53. The number of benzene rings is 1. The van der Waals surface area contributed by atoms with Crippen LogP contribution in [0.15, 0.2) is 42.5 Å². The Hall–Kier alpha value is -5.16. The van der Waals surface area contributed by atoms with Crippen molar-refractivity contribution in [3.05, 3.63) is 48.0 Å². The molecule has 0 aromatic heterocycles. The summed E-state index contributed by atoms with van der Waals surface area (Å²) in [4.78, 5) is 113. The summed E-state index contributed by atoms with van der Waals surface area (Å²) < 4.78 is 12.0. The number of carbonyl (C=O) groups is 8. The average Bonchev–Trinajstić information content (AvgIpc) is 4.10. The lowest BCUT2D eigenvalue weighted by molar-refractivity contribution is -0.149. The smallest absolute Gasteiger partial charge is 0.326 e. The minimum Gasteiger partial charge on any atom is -0.480 e. The maximum Gasteiger partial charge on any atom is 0.326 e. The number of ether oxygens (including phenoxy) is 2. The first kappa shape index (κ1) is 53.8. The van der Waals surface area contributed by atoms with Crippen LogP contribution in [0.2, 0.25) is 0 Å².